The normalized spacial score (nSPS) is 10.3. The number of fused-ring (bicyclic) bond motifs is 1. The maximum atomic E-state index is 11.4. The Morgan fingerprint density at radius 3 is 3.06 bits per heavy atom. The van der Waals surface area contributed by atoms with E-state index in [0.717, 1.165) is 5.39 Å². The lowest BCUT2D eigenvalue weighted by atomic mass is 10.1. The van der Waals surface area contributed by atoms with Crippen molar-refractivity contribution in [3.63, 3.8) is 0 Å². The largest absolute Gasteiger partial charge is 0.462 e. The molecule has 0 aliphatic carbocycles. The van der Waals surface area contributed by atoms with Crippen molar-refractivity contribution in [3.8, 4) is 0 Å². The zero-order valence-electron chi connectivity index (χ0n) is 8.69. The minimum absolute atomic E-state index is 0.323. The van der Waals surface area contributed by atoms with Crippen LogP contribution in [0.5, 0.6) is 0 Å². The van der Waals surface area contributed by atoms with Gasteiger partial charge in [0, 0.05) is 11.6 Å². The number of ether oxygens (including phenoxy) is 1. The summed E-state index contributed by atoms with van der Waals surface area (Å²) >= 11 is 0. The molecule has 16 heavy (non-hydrogen) atoms. The maximum absolute atomic E-state index is 11.4. The van der Waals surface area contributed by atoms with Gasteiger partial charge in [-0.1, -0.05) is 6.07 Å². The Morgan fingerprint density at radius 2 is 2.31 bits per heavy atom. The van der Waals surface area contributed by atoms with Crippen LogP contribution in [0, 0.1) is 0 Å². The Bertz CT molecular complexity index is 589. The van der Waals surface area contributed by atoms with Crippen LogP contribution in [0.25, 0.3) is 10.9 Å². The summed E-state index contributed by atoms with van der Waals surface area (Å²) < 4.78 is 4.86. The summed E-state index contributed by atoms with van der Waals surface area (Å²) in [5.41, 5.74) is 0.551. The Morgan fingerprint density at radius 1 is 1.50 bits per heavy atom. The van der Waals surface area contributed by atoms with Crippen LogP contribution in [-0.2, 0) is 4.74 Å². The Labute approximate surface area is 91.1 Å². The molecule has 0 fully saturated rings. The molecule has 2 rings (SSSR count). The van der Waals surface area contributed by atoms with Crippen LogP contribution >= 0.6 is 0 Å². The topological polar surface area (TPSA) is 72.0 Å². The van der Waals surface area contributed by atoms with E-state index < -0.39 is 11.7 Å². The fraction of sp³-hybridized carbons (Fsp3) is 0.182. The van der Waals surface area contributed by atoms with E-state index in [1.54, 1.807) is 25.1 Å². The van der Waals surface area contributed by atoms with Gasteiger partial charge in [-0.2, -0.15) is 0 Å². The minimum atomic E-state index is -0.437. The van der Waals surface area contributed by atoms with E-state index in [2.05, 4.69) is 9.97 Å². The third-order valence-electron chi connectivity index (χ3n) is 2.13. The molecule has 1 aromatic carbocycles. The van der Waals surface area contributed by atoms with Gasteiger partial charge in [-0.25, -0.2) is 14.6 Å². The van der Waals surface area contributed by atoms with Crippen LogP contribution in [0.2, 0.25) is 0 Å². The number of carbonyl (C=O) groups excluding carboxylic acids is 1. The number of hydrogen-bond acceptors (Lipinski definition) is 4. The van der Waals surface area contributed by atoms with Gasteiger partial charge in [0.1, 0.15) is 0 Å². The summed E-state index contributed by atoms with van der Waals surface area (Å²) in [6, 6.07) is 4.93. The molecule has 0 saturated heterocycles. The number of H-pyrrole nitrogens is 1. The van der Waals surface area contributed by atoms with Crippen molar-refractivity contribution in [1.82, 2.24) is 9.97 Å². The fourth-order valence-electron chi connectivity index (χ4n) is 1.39. The maximum Gasteiger partial charge on any atom is 0.345 e. The molecular formula is C11H10N2O3. The monoisotopic (exact) mass is 218 g/mol. The van der Waals surface area contributed by atoms with E-state index in [9.17, 15) is 9.59 Å². The molecule has 5 nitrogen and oxygen atoms in total. The zero-order valence-corrected chi connectivity index (χ0v) is 8.69. The average molecular weight is 218 g/mol. The van der Waals surface area contributed by atoms with Crippen LogP contribution in [0.1, 0.15) is 17.3 Å². The predicted molar refractivity (Wildman–Crippen MR) is 58.3 cm³/mol. The van der Waals surface area contributed by atoms with E-state index in [-0.39, 0.29) is 0 Å². The van der Waals surface area contributed by atoms with Crippen molar-refractivity contribution >= 4 is 16.9 Å². The fourth-order valence-corrected chi connectivity index (χ4v) is 1.39. The van der Waals surface area contributed by atoms with Gasteiger partial charge < -0.3 is 9.72 Å². The number of esters is 1. The van der Waals surface area contributed by atoms with Gasteiger partial charge in [0.25, 0.3) is 0 Å². The van der Waals surface area contributed by atoms with E-state index in [0.29, 0.717) is 17.7 Å². The third kappa shape index (κ3) is 1.93. The second-order valence-corrected chi connectivity index (χ2v) is 3.21. The van der Waals surface area contributed by atoms with Gasteiger partial charge in [0.2, 0.25) is 0 Å². The molecule has 0 amide bonds. The summed E-state index contributed by atoms with van der Waals surface area (Å²) in [5, 5.41) is 0.771. The second kappa shape index (κ2) is 4.14. The number of hydrogen-bond donors (Lipinski definition) is 1. The van der Waals surface area contributed by atoms with Crippen LogP contribution < -0.4 is 5.69 Å². The van der Waals surface area contributed by atoms with E-state index in [4.69, 9.17) is 4.74 Å². The molecular weight excluding hydrogens is 208 g/mol. The van der Waals surface area contributed by atoms with Crippen molar-refractivity contribution in [3.05, 3.63) is 40.4 Å². The first-order valence-electron chi connectivity index (χ1n) is 4.87. The lowest BCUT2D eigenvalue weighted by Gasteiger charge is -2.02. The molecule has 0 radical (unpaired) electrons. The predicted octanol–water partition coefficient (Wildman–Crippen LogP) is 1.10. The van der Waals surface area contributed by atoms with E-state index in [1.165, 1.54) is 6.20 Å². The van der Waals surface area contributed by atoms with Crippen molar-refractivity contribution in [2.45, 2.75) is 6.92 Å². The summed E-state index contributed by atoms with van der Waals surface area (Å²) in [6.07, 6.45) is 1.46. The summed E-state index contributed by atoms with van der Waals surface area (Å²) in [7, 11) is 0. The molecule has 0 aliphatic heterocycles. The SMILES string of the molecule is CCOC(=O)c1ccc2cnc(=O)[nH]c2c1. The van der Waals surface area contributed by atoms with Gasteiger partial charge in [-0.05, 0) is 19.1 Å². The Balaban J connectivity index is 2.50. The molecule has 0 unspecified atom stereocenters. The highest BCUT2D eigenvalue weighted by Crippen LogP contribution is 2.12. The molecule has 82 valence electrons. The van der Waals surface area contributed by atoms with Crippen molar-refractivity contribution in [2.24, 2.45) is 0 Å². The smallest absolute Gasteiger partial charge is 0.345 e. The number of nitrogens with one attached hydrogen (secondary N) is 1. The third-order valence-corrected chi connectivity index (χ3v) is 2.13. The zero-order chi connectivity index (χ0) is 11.5. The minimum Gasteiger partial charge on any atom is -0.462 e. The number of nitrogens with zero attached hydrogens (tertiary/aromatic N) is 1. The van der Waals surface area contributed by atoms with Gasteiger partial charge in [-0.15, -0.1) is 0 Å². The highest BCUT2D eigenvalue weighted by Gasteiger charge is 2.07. The molecule has 1 heterocycles. The molecule has 0 saturated carbocycles. The highest BCUT2D eigenvalue weighted by molar-refractivity contribution is 5.93. The number of carbonyl (C=O) groups is 1. The van der Waals surface area contributed by atoms with E-state index in [1.807, 2.05) is 0 Å². The first kappa shape index (κ1) is 10.4. The van der Waals surface area contributed by atoms with Crippen LogP contribution in [0.4, 0.5) is 0 Å². The quantitative estimate of drug-likeness (QED) is 0.766. The summed E-state index contributed by atoms with van der Waals surface area (Å²) in [5.74, 6) is -0.401. The van der Waals surface area contributed by atoms with Crippen LogP contribution in [-0.4, -0.2) is 22.5 Å². The molecule has 0 aliphatic rings. The molecule has 1 aromatic heterocycles. The molecule has 0 atom stereocenters. The van der Waals surface area contributed by atoms with Crippen molar-refractivity contribution in [1.29, 1.82) is 0 Å². The van der Waals surface area contributed by atoms with Crippen molar-refractivity contribution in [2.75, 3.05) is 6.61 Å². The van der Waals surface area contributed by atoms with Crippen LogP contribution in [0.3, 0.4) is 0 Å². The molecule has 1 N–H and O–H groups in total. The average Bonchev–Trinajstić information content (AvgIpc) is 2.28. The van der Waals surface area contributed by atoms with E-state index >= 15 is 0 Å². The first-order valence-corrected chi connectivity index (χ1v) is 4.87. The first-order chi connectivity index (χ1) is 7.70. The lowest BCUT2D eigenvalue weighted by Crippen LogP contribution is -2.09. The molecule has 5 heteroatoms. The number of aromatic amines is 1. The molecule has 0 bridgehead atoms. The van der Waals surface area contributed by atoms with Gasteiger partial charge in [-0.3, -0.25) is 0 Å². The van der Waals surface area contributed by atoms with Gasteiger partial charge in [0.15, 0.2) is 0 Å². The highest BCUT2D eigenvalue weighted by atomic mass is 16.5. The summed E-state index contributed by atoms with van der Waals surface area (Å²) in [4.78, 5) is 28.6. The molecule has 0 spiro atoms. The van der Waals surface area contributed by atoms with Crippen LogP contribution in [0.15, 0.2) is 29.2 Å². The second-order valence-electron chi connectivity index (χ2n) is 3.21. The van der Waals surface area contributed by atoms with Gasteiger partial charge >= 0.3 is 11.7 Å². The Hall–Kier alpha value is -2.17. The van der Waals surface area contributed by atoms with Gasteiger partial charge in [0.05, 0.1) is 17.7 Å². The Kier molecular flexibility index (Phi) is 2.68. The number of benzene rings is 1. The summed E-state index contributed by atoms with van der Waals surface area (Å²) in [6.45, 7) is 2.06. The number of aromatic nitrogens is 2. The lowest BCUT2D eigenvalue weighted by molar-refractivity contribution is 0.0526. The number of rotatable bonds is 2. The standard InChI is InChI=1S/C11H10N2O3/c1-2-16-10(14)7-3-4-8-6-12-11(15)13-9(8)5-7/h3-6H,2H2,1H3,(H,12,13,15). The van der Waals surface area contributed by atoms with Crippen molar-refractivity contribution < 1.29 is 9.53 Å². The molecule has 2 aromatic rings.